The van der Waals surface area contributed by atoms with Crippen LogP contribution >= 0.6 is 11.6 Å². The highest BCUT2D eigenvalue weighted by Crippen LogP contribution is 2.23. The summed E-state index contributed by atoms with van der Waals surface area (Å²) in [5.74, 6) is -2.07. The average molecular weight is 381 g/mol. The Morgan fingerprint density at radius 2 is 1.96 bits per heavy atom. The second-order valence-electron chi connectivity index (χ2n) is 5.34. The van der Waals surface area contributed by atoms with Gasteiger partial charge in [-0.2, -0.15) is 0 Å². The Morgan fingerprint density at radius 1 is 1.27 bits per heavy atom. The molecule has 0 N–H and O–H groups in total. The summed E-state index contributed by atoms with van der Waals surface area (Å²) in [7, 11) is 1.42. The van der Waals surface area contributed by atoms with Crippen molar-refractivity contribution in [3.05, 3.63) is 74.5 Å². The van der Waals surface area contributed by atoms with Crippen LogP contribution in [0.15, 0.2) is 42.5 Å². The molecule has 0 saturated heterocycles. The molecule has 0 fully saturated rings. The van der Waals surface area contributed by atoms with E-state index in [2.05, 4.69) is 0 Å². The number of hydrogen-bond donors (Lipinski definition) is 0. The van der Waals surface area contributed by atoms with Crippen LogP contribution in [0, 0.1) is 15.9 Å². The minimum Gasteiger partial charge on any atom is -0.452 e. The first-order valence-electron chi connectivity index (χ1n) is 7.38. The van der Waals surface area contributed by atoms with E-state index in [0.717, 1.165) is 12.1 Å². The molecular weight excluding hydrogens is 367 g/mol. The predicted octanol–water partition coefficient (Wildman–Crippen LogP) is 3.20. The first kappa shape index (κ1) is 19.3. The average Bonchev–Trinajstić information content (AvgIpc) is 2.61. The van der Waals surface area contributed by atoms with Crippen molar-refractivity contribution in [2.75, 3.05) is 13.7 Å². The molecule has 0 aromatic heterocycles. The van der Waals surface area contributed by atoms with Gasteiger partial charge in [0.15, 0.2) is 6.61 Å². The summed E-state index contributed by atoms with van der Waals surface area (Å²) >= 11 is 5.68. The zero-order valence-corrected chi connectivity index (χ0v) is 14.4. The number of rotatable bonds is 6. The van der Waals surface area contributed by atoms with E-state index >= 15 is 0 Å². The third kappa shape index (κ3) is 4.76. The molecule has 0 spiro atoms. The van der Waals surface area contributed by atoms with Gasteiger partial charge >= 0.3 is 5.97 Å². The molecule has 7 nitrogen and oxygen atoms in total. The first-order valence-corrected chi connectivity index (χ1v) is 7.76. The largest absolute Gasteiger partial charge is 0.452 e. The third-order valence-electron chi connectivity index (χ3n) is 3.49. The van der Waals surface area contributed by atoms with Crippen LogP contribution in [-0.4, -0.2) is 35.4 Å². The number of ether oxygens (including phenoxy) is 1. The number of nitrogens with zero attached hydrogens (tertiary/aromatic N) is 2. The number of nitro benzene ring substituents is 1. The van der Waals surface area contributed by atoms with Crippen LogP contribution in [0.5, 0.6) is 0 Å². The number of benzene rings is 2. The molecule has 136 valence electrons. The molecule has 2 aromatic carbocycles. The van der Waals surface area contributed by atoms with Gasteiger partial charge in [0, 0.05) is 30.2 Å². The highest BCUT2D eigenvalue weighted by molar-refractivity contribution is 6.31. The van der Waals surface area contributed by atoms with E-state index in [9.17, 15) is 24.1 Å². The fraction of sp³-hybridized carbons (Fsp3) is 0.176. The van der Waals surface area contributed by atoms with Crippen LogP contribution in [-0.2, 0) is 16.1 Å². The summed E-state index contributed by atoms with van der Waals surface area (Å²) in [6.07, 6.45) is 0. The van der Waals surface area contributed by atoms with Gasteiger partial charge in [0.05, 0.1) is 4.92 Å². The number of nitro groups is 1. The number of hydrogen-bond acceptors (Lipinski definition) is 5. The lowest BCUT2D eigenvalue weighted by Crippen LogP contribution is -2.31. The van der Waals surface area contributed by atoms with Gasteiger partial charge in [-0.05, 0) is 18.2 Å². The minimum absolute atomic E-state index is 0.00977. The standard InChI is InChI=1S/C17H14ClFN2O5/c1-20(9-11-4-2-3-5-14(11)19)16(22)10-26-17(23)13-7-6-12(18)8-15(13)21(24)25/h2-8H,9-10H2,1H3. The van der Waals surface area contributed by atoms with E-state index in [4.69, 9.17) is 16.3 Å². The smallest absolute Gasteiger partial charge is 0.345 e. The molecule has 0 atom stereocenters. The zero-order valence-electron chi connectivity index (χ0n) is 13.6. The van der Waals surface area contributed by atoms with Crippen molar-refractivity contribution in [1.82, 2.24) is 4.90 Å². The van der Waals surface area contributed by atoms with Crippen molar-refractivity contribution in [3.63, 3.8) is 0 Å². The lowest BCUT2D eigenvalue weighted by atomic mass is 10.2. The van der Waals surface area contributed by atoms with Gasteiger partial charge in [-0.1, -0.05) is 29.8 Å². The zero-order chi connectivity index (χ0) is 19.3. The molecule has 0 heterocycles. The number of carbonyl (C=O) groups is 2. The maximum Gasteiger partial charge on any atom is 0.345 e. The van der Waals surface area contributed by atoms with Gasteiger partial charge in [-0.15, -0.1) is 0 Å². The van der Waals surface area contributed by atoms with Crippen molar-refractivity contribution in [1.29, 1.82) is 0 Å². The summed E-state index contributed by atoms with van der Waals surface area (Å²) in [5.41, 5.74) is -0.526. The lowest BCUT2D eigenvalue weighted by Gasteiger charge is -2.17. The highest BCUT2D eigenvalue weighted by Gasteiger charge is 2.23. The van der Waals surface area contributed by atoms with Crippen LogP contribution in [0.25, 0.3) is 0 Å². The molecule has 0 bridgehead atoms. The van der Waals surface area contributed by atoms with Crippen LogP contribution in [0.3, 0.4) is 0 Å². The molecular formula is C17H14ClFN2O5. The molecule has 0 aliphatic carbocycles. The van der Waals surface area contributed by atoms with E-state index in [1.54, 1.807) is 6.07 Å². The first-order chi connectivity index (χ1) is 12.3. The number of halogens is 2. The van der Waals surface area contributed by atoms with Crippen molar-refractivity contribution < 1.29 is 23.6 Å². The molecule has 0 aliphatic rings. The van der Waals surface area contributed by atoms with Crippen molar-refractivity contribution in [2.45, 2.75) is 6.54 Å². The van der Waals surface area contributed by atoms with Gasteiger partial charge in [0.2, 0.25) is 0 Å². The maximum atomic E-state index is 13.6. The summed E-state index contributed by atoms with van der Waals surface area (Å²) in [6, 6.07) is 9.44. The Balaban J connectivity index is 2.00. The van der Waals surface area contributed by atoms with Crippen LogP contribution in [0.2, 0.25) is 5.02 Å². The van der Waals surface area contributed by atoms with E-state index in [0.29, 0.717) is 5.56 Å². The molecule has 0 radical (unpaired) electrons. The summed E-state index contributed by atoms with van der Waals surface area (Å²) in [5, 5.41) is 11.1. The quantitative estimate of drug-likeness (QED) is 0.436. The topological polar surface area (TPSA) is 89.8 Å². The predicted molar refractivity (Wildman–Crippen MR) is 91.3 cm³/mol. The third-order valence-corrected chi connectivity index (χ3v) is 3.73. The SMILES string of the molecule is CN(Cc1ccccc1F)C(=O)COC(=O)c1ccc(Cl)cc1[N+](=O)[O-]. The van der Waals surface area contributed by atoms with Crippen molar-refractivity contribution in [3.8, 4) is 0 Å². The normalized spacial score (nSPS) is 10.3. The number of likely N-dealkylation sites (N-methyl/N-ethyl adjacent to an activating group) is 1. The van der Waals surface area contributed by atoms with E-state index < -0.39 is 34.9 Å². The molecule has 0 unspecified atom stereocenters. The summed E-state index contributed by atoms with van der Waals surface area (Å²) < 4.78 is 18.4. The number of carbonyl (C=O) groups excluding carboxylic acids is 2. The molecule has 2 rings (SSSR count). The summed E-state index contributed by atoms with van der Waals surface area (Å²) in [4.78, 5) is 35.5. The Labute approximate surface area is 153 Å². The fourth-order valence-corrected chi connectivity index (χ4v) is 2.28. The second kappa shape index (κ2) is 8.39. The molecule has 26 heavy (non-hydrogen) atoms. The van der Waals surface area contributed by atoms with E-state index in [1.807, 2.05) is 0 Å². The van der Waals surface area contributed by atoms with Gasteiger partial charge in [-0.3, -0.25) is 14.9 Å². The van der Waals surface area contributed by atoms with E-state index in [1.165, 1.54) is 36.2 Å². The van der Waals surface area contributed by atoms with Crippen LogP contribution < -0.4 is 0 Å². The Hall–Kier alpha value is -3.00. The van der Waals surface area contributed by atoms with Gasteiger partial charge in [-0.25, -0.2) is 9.18 Å². The Bertz CT molecular complexity index is 859. The van der Waals surface area contributed by atoms with Crippen LogP contribution in [0.1, 0.15) is 15.9 Å². The highest BCUT2D eigenvalue weighted by atomic mass is 35.5. The molecule has 0 saturated carbocycles. The second-order valence-corrected chi connectivity index (χ2v) is 5.77. The monoisotopic (exact) mass is 380 g/mol. The van der Waals surface area contributed by atoms with Gasteiger partial charge < -0.3 is 9.64 Å². The van der Waals surface area contributed by atoms with Gasteiger partial charge in [0.25, 0.3) is 11.6 Å². The number of amides is 1. The Morgan fingerprint density at radius 3 is 2.62 bits per heavy atom. The molecule has 9 heteroatoms. The molecule has 1 amide bonds. The minimum atomic E-state index is -1.03. The van der Waals surface area contributed by atoms with E-state index in [-0.39, 0.29) is 17.1 Å². The van der Waals surface area contributed by atoms with Gasteiger partial charge in [0.1, 0.15) is 11.4 Å². The molecule has 0 aliphatic heterocycles. The number of esters is 1. The summed E-state index contributed by atoms with van der Waals surface area (Å²) in [6.45, 7) is -0.645. The lowest BCUT2D eigenvalue weighted by molar-refractivity contribution is -0.385. The van der Waals surface area contributed by atoms with Crippen LogP contribution in [0.4, 0.5) is 10.1 Å². The maximum absolute atomic E-state index is 13.6. The molecule has 2 aromatic rings. The van der Waals surface area contributed by atoms with Crippen molar-refractivity contribution in [2.24, 2.45) is 0 Å². The fourth-order valence-electron chi connectivity index (χ4n) is 2.11. The van der Waals surface area contributed by atoms with Crippen molar-refractivity contribution >= 4 is 29.2 Å². The Kier molecular flexibility index (Phi) is 6.24.